The fourth-order valence-corrected chi connectivity index (χ4v) is 3.33. The van der Waals surface area contributed by atoms with Crippen LogP contribution in [0.2, 0.25) is 10.0 Å². The van der Waals surface area contributed by atoms with E-state index in [9.17, 15) is 0 Å². The molecule has 1 aliphatic rings. The number of aromatic nitrogens is 3. The smallest absolute Gasteiger partial charge is 0.226 e. The summed E-state index contributed by atoms with van der Waals surface area (Å²) in [5.74, 6) is 1.38. The SMILES string of the molecule is OCCCc1nc2n(n1)C(c1ccc(Cl)cc1)C=C(c1ccc(Cl)cc1)N2. The van der Waals surface area contributed by atoms with Crippen LogP contribution < -0.4 is 5.32 Å². The maximum absolute atomic E-state index is 9.09. The normalized spacial score (nSPS) is 15.8. The number of hydrogen-bond donors (Lipinski definition) is 2. The Morgan fingerprint density at radius 1 is 1.00 bits per heavy atom. The summed E-state index contributed by atoms with van der Waals surface area (Å²) < 4.78 is 1.87. The summed E-state index contributed by atoms with van der Waals surface area (Å²) in [6.45, 7) is 0.117. The molecule has 2 N–H and O–H groups in total. The number of anilines is 1. The van der Waals surface area contributed by atoms with Gasteiger partial charge in [0.05, 0.1) is 0 Å². The summed E-state index contributed by atoms with van der Waals surface area (Å²) in [4.78, 5) is 4.61. The third-order valence-corrected chi connectivity index (χ3v) is 4.94. The molecule has 0 bridgehead atoms. The van der Waals surface area contributed by atoms with E-state index < -0.39 is 0 Å². The number of aliphatic hydroxyl groups is 1. The Morgan fingerprint density at radius 3 is 2.33 bits per heavy atom. The van der Waals surface area contributed by atoms with Crippen molar-refractivity contribution in [2.75, 3.05) is 11.9 Å². The molecule has 0 radical (unpaired) electrons. The molecule has 0 saturated carbocycles. The van der Waals surface area contributed by atoms with Crippen LogP contribution in [0.5, 0.6) is 0 Å². The zero-order chi connectivity index (χ0) is 18.8. The van der Waals surface area contributed by atoms with Gasteiger partial charge in [-0.25, -0.2) is 4.68 Å². The molecule has 27 heavy (non-hydrogen) atoms. The van der Waals surface area contributed by atoms with Crippen LogP contribution in [0.1, 0.15) is 29.4 Å². The van der Waals surface area contributed by atoms with Crippen molar-refractivity contribution in [3.8, 4) is 0 Å². The Labute approximate surface area is 167 Å². The van der Waals surface area contributed by atoms with E-state index in [2.05, 4.69) is 21.5 Å². The van der Waals surface area contributed by atoms with Crippen molar-refractivity contribution in [3.05, 3.63) is 81.6 Å². The lowest BCUT2D eigenvalue weighted by molar-refractivity contribution is 0.287. The first-order valence-electron chi connectivity index (χ1n) is 8.70. The largest absolute Gasteiger partial charge is 0.396 e. The van der Waals surface area contributed by atoms with Gasteiger partial charge in [0, 0.05) is 28.8 Å². The molecule has 4 rings (SSSR count). The molecule has 138 valence electrons. The molecule has 5 nitrogen and oxygen atoms in total. The van der Waals surface area contributed by atoms with Crippen molar-refractivity contribution in [1.82, 2.24) is 14.8 Å². The van der Waals surface area contributed by atoms with Crippen molar-refractivity contribution in [2.45, 2.75) is 18.9 Å². The van der Waals surface area contributed by atoms with Gasteiger partial charge in [-0.1, -0.05) is 47.5 Å². The minimum absolute atomic E-state index is 0.112. The molecule has 0 saturated heterocycles. The molecule has 0 fully saturated rings. The summed E-state index contributed by atoms with van der Waals surface area (Å²) >= 11 is 12.1. The van der Waals surface area contributed by atoms with Gasteiger partial charge in [-0.3, -0.25) is 0 Å². The quantitative estimate of drug-likeness (QED) is 0.658. The lowest BCUT2D eigenvalue weighted by atomic mass is 10.0. The summed E-state index contributed by atoms with van der Waals surface area (Å²) in [6.07, 6.45) is 3.37. The standard InChI is InChI=1S/C20H18Cl2N4O/c21-15-7-3-13(4-8-15)17-12-18(14-5-9-16(22)10-6-14)26-20(23-17)24-19(25-26)2-1-11-27/h3-10,12,18,27H,1-2,11H2,(H,23,24,25). The number of fused-ring (bicyclic) bond motifs is 1. The summed E-state index contributed by atoms with van der Waals surface area (Å²) in [5, 5.41) is 18.5. The van der Waals surface area contributed by atoms with Crippen LogP contribution in [0.15, 0.2) is 54.6 Å². The average Bonchev–Trinajstić information content (AvgIpc) is 3.10. The predicted molar refractivity (Wildman–Crippen MR) is 108 cm³/mol. The summed E-state index contributed by atoms with van der Waals surface area (Å²) in [5.41, 5.74) is 3.02. The first kappa shape index (κ1) is 18.0. The Kier molecular flexibility index (Phi) is 5.16. The minimum atomic E-state index is -0.112. The number of aliphatic hydroxyl groups excluding tert-OH is 1. The molecule has 0 aliphatic carbocycles. The van der Waals surface area contributed by atoms with Crippen LogP contribution >= 0.6 is 23.2 Å². The topological polar surface area (TPSA) is 63.0 Å². The van der Waals surface area contributed by atoms with E-state index in [4.69, 9.17) is 28.3 Å². The summed E-state index contributed by atoms with van der Waals surface area (Å²) in [7, 11) is 0. The number of hydrogen-bond acceptors (Lipinski definition) is 4. The van der Waals surface area contributed by atoms with Crippen LogP contribution in [0.25, 0.3) is 5.70 Å². The van der Waals surface area contributed by atoms with Crippen LogP contribution in [-0.4, -0.2) is 26.5 Å². The third-order valence-electron chi connectivity index (χ3n) is 4.43. The molecule has 1 atom stereocenters. The van der Waals surface area contributed by atoms with Gasteiger partial charge in [0.2, 0.25) is 5.95 Å². The lowest BCUT2D eigenvalue weighted by Crippen LogP contribution is -2.20. The fourth-order valence-electron chi connectivity index (χ4n) is 3.08. The van der Waals surface area contributed by atoms with Gasteiger partial charge in [0.25, 0.3) is 0 Å². The molecule has 0 amide bonds. The first-order chi connectivity index (χ1) is 13.1. The van der Waals surface area contributed by atoms with E-state index >= 15 is 0 Å². The molecule has 2 heterocycles. The van der Waals surface area contributed by atoms with Gasteiger partial charge in [-0.2, -0.15) is 10.1 Å². The lowest BCUT2D eigenvalue weighted by Gasteiger charge is -2.24. The van der Waals surface area contributed by atoms with Gasteiger partial charge in [-0.15, -0.1) is 0 Å². The second-order valence-corrected chi connectivity index (χ2v) is 7.20. The number of rotatable bonds is 5. The van der Waals surface area contributed by atoms with Gasteiger partial charge >= 0.3 is 0 Å². The summed E-state index contributed by atoms with van der Waals surface area (Å²) in [6, 6.07) is 15.3. The average molecular weight is 401 g/mol. The van der Waals surface area contributed by atoms with Gasteiger partial charge < -0.3 is 10.4 Å². The number of benzene rings is 2. The van der Waals surface area contributed by atoms with Crippen LogP contribution in [0.3, 0.4) is 0 Å². The Balaban J connectivity index is 1.76. The molecule has 3 aromatic rings. The van der Waals surface area contributed by atoms with E-state index in [0.717, 1.165) is 16.8 Å². The maximum Gasteiger partial charge on any atom is 0.226 e. The van der Waals surface area contributed by atoms with Crippen molar-refractivity contribution < 1.29 is 5.11 Å². The molecular formula is C20H18Cl2N4O. The highest BCUT2D eigenvalue weighted by Crippen LogP contribution is 2.33. The molecular weight excluding hydrogens is 383 g/mol. The van der Waals surface area contributed by atoms with Crippen molar-refractivity contribution in [1.29, 1.82) is 0 Å². The predicted octanol–water partition coefficient (Wildman–Crippen LogP) is 4.57. The van der Waals surface area contributed by atoms with Crippen LogP contribution in [0.4, 0.5) is 5.95 Å². The van der Waals surface area contributed by atoms with Crippen LogP contribution in [-0.2, 0) is 6.42 Å². The van der Waals surface area contributed by atoms with Crippen molar-refractivity contribution in [2.24, 2.45) is 0 Å². The minimum Gasteiger partial charge on any atom is -0.396 e. The molecule has 7 heteroatoms. The number of allylic oxidation sites excluding steroid dienone is 1. The molecule has 0 spiro atoms. The monoisotopic (exact) mass is 400 g/mol. The highest BCUT2D eigenvalue weighted by Gasteiger charge is 2.25. The highest BCUT2D eigenvalue weighted by atomic mass is 35.5. The number of nitrogens with one attached hydrogen (secondary N) is 1. The number of aryl methyl sites for hydroxylation is 1. The van der Waals surface area contributed by atoms with E-state index in [0.29, 0.717) is 34.7 Å². The van der Waals surface area contributed by atoms with Crippen LogP contribution in [0, 0.1) is 0 Å². The first-order valence-corrected chi connectivity index (χ1v) is 9.46. The molecule has 1 aromatic heterocycles. The zero-order valence-electron chi connectivity index (χ0n) is 14.4. The Morgan fingerprint density at radius 2 is 1.67 bits per heavy atom. The number of nitrogens with zero attached hydrogens (tertiary/aromatic N) is 3. The van der Waals surface area contributed by atoms with Crippen molar-refractivity contribution >= 4 is 34.8 Å². The third kappa shape index (κ3) is 3.86. The maximum atomic E-state index is 9.09. The molecule has 1 unspecified atom stereocenters. The van der Waals surface area contributed by atoms with Gasteiger partial charge in [0.15, 0.2) is 5.82 Å². The second kappa shape index (κ2) is 7.72. The van der Waals surface area contributed by atoms with Crippen molar-refractivity contribution in [3.63, 3.8) is 0 Å². The Hall–Kier alpha value is -2.34. The van der Waals surface area contributed by atoms with E-state index in [-0.39, 0.29) is 12.6 Å². The fraction of sp³-hybridized carbons (Fsp3) is 0.200. The second-order valence-electron chi connectivity index (χ2n) is 6.33. The zero-order valence-corrected chi connectivity index (χ0v) is 16.0. The van der Waals surface area contributed by atoms with Gasteiger partial charge in [0.1, 0.15) is 6.04 Å². The van der Waals surface area contributed by atoms with E-state index in [1.165, 1.54) is 0 Å². The Bertz CT molecular complexity index is 965. The van der Waals surface area contributed by atoms with E-state index in [1.54, 1.807) is 0 Å². The highest BCUT2D eigenvalue weighted by molar-refractivity contribution is 6.30. The number of halogens is 2. The van der Waals surface area contributed by atoms with E-state index in [1.807, 2.05) is 53.2 Å². The van der Waals surface area contributed by atoms with Gasteiger partial charge in [-0.05, 0) is 47.9 Å². The molecule has 2 aromatic carbocycles. The molecule has 1 aliphatic heterocycles.